The monoisotopic (exact) mass is 260 g/mol. The average Bonchev–Trinajstić information content (AvgIpc) is 2.43. The molecular formula is C15H13FO3. The Bertz CT molecular complexity index is 581. The maximum atomic E-state index is 13.7. The van der Waals surface area contributed by atoms with E-state index < -0.39 is 5.82 Å². The molecule has 0 amide bonds. The van der Waals surface area contributed by atoms with Gasteiger partial charge in [-0.3, -0.25) is 4.79 Å². The average molecular weight is 260 g/mol. The van der Waals surface area contributed by atoms with E-state index in [1.54, 1.807) is 12.1 Å². The molecule has 0 bridgehead atoms. The number of para-hydroxylation sites is 1. The highest BCUT2D eigenvalue weighted by atomic mass is 19.1. The molecule has 0 aliphatic carbocycles. The van der Waals surface area contributed by atoms with Crippen molar-refractivity contribution in [2.24, 2.45) is 0 Å². The highest BCUT2D eigenvalue weighted by molar-refractivity contribution is 5.75. The molecule has 2 rings (SSSR count). The van der Waals surface area contributed by atoms with E-state index in [1.807, 2.05) is 12.1 Å². The van der Waals surface area contributed by atoms with Crippen LogP contribution in [0, 0.1) is 5.82 Å². The summed E-state index contributed by atoms with van der Waals surface area (Å²) < 4.78 is 19.2. The quantitative estimate of drug-likeness (QED) is 0.841. The third-order valence-corrected chi connectivity index (χ3v) is 2.67. The maximum Gasteiger partial charge on any atom is 0.166 e. The van der Waals surface area contributed by atoms with E-state index in [2.05, 4.69) is 0 Å². The zero-order chi connectivity index (χ0) is 13.7. The first-order chi connectivity index (χ1) is 9.24. The molecule has 1 N–H and O–H groups in total. The van der Waals surface area contributed by atoms with Gasteiger partial charge in [0.25, 0.3) is 0 Å². The molecule has 0 aromatic heterocycles. The summed E-state index contributed by atoms with van der Waals surface area (Å²) in [4.78, 5) is 10.5. The Morgan fingerprint density at radius 1 is 1.16 bits per heavy atom. The second-order valence-electron chi connectivity index (χ2n) is 3.99. The molecule has 3 nitrogen and oxygen atoms in total. The van der Waals surface area contributed by atoms with Crippen molar-refractivity contribution in [1.29, 1.82) is 0 Å². The van der Waals surface area contributed by atoms with Gasteiger partial charge in [0.1, 0.15) is 12.0 Å². The van der Waals surface area contributed by atoms with Crippen LogP contribution in [0.25, 0.3) is 0 Å². The minimum absolute atomic E-state index is 0.00701. The van der Waals surface area contributed by atoms with Gasteiger partial charge in [-0.1, -0.05) is 18.2 Å². The van der Waals surface area contributed by atoms with Crippen molar-refractivity contribution in [2.45, 2.75) is 6.42 Å². The van der Waals surface area contributed by atoms with Crippen molar-refractivity contribution in [3.63, 3.8) is 0 Å². The number of aldehydes is 1. The fraction of sp³-hybridized carbons (Fsp3) is 0.133. The third-order valence-electron chi connectivity index (χ3n) is 2.67. The van der Waals surface area contributed by atoms with E-state index in [9.17, 15) is 9.18 Å². The number of carbonyl (C=O) groups is 1. The molecule has 0 heterocycles. The molecule has 2 aromatic carbocycles. The van der Waals surface area contributed by atoms with Crippen molar-refractivity contribution >= 4 is 6.29 Å². The lowest BCUT2D eigenvalue weighted by Crippen LogP contribution is -1.96. The van der Waals surface area contributed by atoms with Gasteiger partial charge in [-0.05, 0) is 36.2 Å². The Labute approximate surface area is 110 Å². The summed E-state index contributed by atoms with van der Waals surface area (Å²) in [6.45, 7) is -0.00701. The fourth-order valence-corrected chi connectivity index (χ4v) is 1.72. The molecule has 4 heteroatoms. The smallest absolute Gasteiger partial charge is 0.166 e. The molecule has 19 heavy (non-hydrogen) atoms. The number of aliphatic hydroxyl groups is 1. The van der Waals surface area contributed by atoms with Gasteiger partial charge in [-0.15, -0.1) is 0 Å². The van der Waals surface area contributed by atoms with Crippen LogP contribution in [-0.4, -0.2) is 18.0 Å². The summed E-state index contributed by atoms with van der Waals surface area (Å²) in [7, 11) is 0. The Morgan fingerprint density at radius 2 is 1.95 bits per heavy atom. The van der Waals surface area contributed by atoms with Gasteiger partial charge in [0, 0.05) is 12.2 Å². The van der Waals surface area contributed by atoms with Gasteiger partial charge in [0.15, 0.2) is 11.6 Å². The van der Waals surface area contributed by atoms with Crippen LogP contribution < -0.4 is 4.74 Å². The van der Waals surface area contributed by atoms with Crippen LogP contribution >= 0.6 is 0 Å². The van der Waals surface area contributed by atoms with Crippen LogP contribution in [0.5, 0.6) is 11.5 Å². The van der Waals surface area contributed by atoms with E-state index >= 15 is 0 Å². The standard InChI is InChI=1S/C15H13FO3/c16-13-9-11(10-18)5-6-15(13)19-14-4-2-1-3-12(14)7-8-17/h1-6,9-10,17H,7-8H2. The first kappa shape index (κ1) is 13.2. The molecule has 0 aliphatic rings. The number of aliphatic hydroxyl groups excluding tert-OH is 1. The minimum atomic E-state index is -0.594. The van der Waals surface area contributed by atoms with Crippen LogP contribution in [0.3, 0.4) is 0 Å². The molecular weight excluding hydrogens is 247 g/mol. The normalized spacial score (nSPS) is 10.2. The highest BCUT2D eigenvalue weighted by Crippen LogP contribution is 2.28. The van der Waals surface area contributed by atoms with E-state index in [-0.39, 0.29) is 17.9 Å². The van der Waals surface area contributed by atoms with Crippen molar-refractivity contribution in [2.75, 3.05) is 6.61 Å². The largest absolute Gasteiger partial charge is 0.454 e. The van der Waals surface area contributed by atoms with Gasteiger partial charge in [0.2, 0.25) is 0 Å². The minimum Gasteiger partial charge on any atom is -0.454 e. The van der Waals surface area contributed by atoms with Gasteiger partial charge < -0.3 is 9.84 Å². The zero-order valence-electron chi connectivity index (χ0n) is 10.2. The summed E-state index contributed by atoms with van der Waals surface area (Å²) in [5.41, 5.74) is 1.05. The predicted octanol–water partition coefficient (Wildman–Crippen LogP) is 2.97. The molecule has 0 saturated heterocycles. The van der Waals surface area contributed by atoms with E-state index in [0.717, 1.165) is 11.6 Å². The van der Waals surface area contributed by atoms with Gasteiger partial charge in [-0.25, -0.2) is 4.39 Å². The van der Waals surface area contributed by atoms with Crippen LogP contribution in [0.1, 0.15) is 15.9 Å². The van der Waals surface area contributed by atoms with Crippen molar-refractivity contribution in [3.8, 4) is 11.5 Å². The first-order valence-electron chi connectivity index (χ1n) is 5.86. The predicted molar refractivity (Wildman–Crippen MR) is 69.1 cm³/mol. The first-order valence-corrected chi connectivity index (χ1v) is 5.86. The second kappa shape index (κ2) is 6.11. The fourth-order valence-electron chi connectivity index (χ4n) is 1.72. The maximum absolute atomic E-state index is 13.7. The van der Waals surface area contributed by atoms with Gasteiger partial charge >= 0.3 is 0 Å². The van der Waals surface area contributed by atoms with E-state index in [0.29, 0.717) is 18.5 Å². The van der Waals surface area contributed by atoms with Crippen LogP contribution in [0.2, 0.25) is 0 Å². The van der Waals surface area contributed by atoms with E-state index in [1.165, 1.54) is 12.1 Å². The molecule has 98 valence electrons. The van der Waals surface area contributed by atoms with Crippen molar-refractivity contribution in [3.05, 3.63) is 59.4 Å². The molecule has 0 radical (unpaired) electrons. The number of halogens is 1. The van der Waals surface area contributed by atoms with Crippen LogP contribution in [-0.2, 0) is 6.42 Å². The van der Waals surface area contributed by atoms with Crippen LogP contribution in [0.15, 0.2) is 42.5 Å². The summed E-state index contributed by atoms with van der Waals surface area (Å²) in [6.07, 6.45) is 1.01. The molecule has 2 aromatic rings. The Morgan fingerprint density at radius 3 is 2.63 bits per heavy atom. The molecule has 0 aliphatic heterocycles. The molecule has 0 spiro atoms. The number of ether oxygens (including phenoxy) is 1. The lowest BCUT2D eigenvalue weighted by molar-refractivity contribution is 0.112. The summed E-state index contributed by atoms with van der Waals surface area (Å²) in [5, 5.41) is 8.96. The third kappa shape index (κ3) is 3.17. The number of rotatable bonds is 5. The number of carbonyl (C=O) groups excluding carboxylic acids is 1. The number of hydrogen-bond donors (Lipinski definition) is 1. The zero-order valence-corrected chi connectivity index (χ0v) is 10.2. The highest BCUT2D eigenvalue weighted by Gasteiger charge is 2.08. The Kier molecular flexibility index (Phi) is 4.26. The molecule has 0 saturated carbocycles. The van der Waals surface area contributed by atoms with Crippen molar-refractivity contribution < 1.29 is 19.0 Å². The SMILES string of the molecule is O=Cc1ccc(Oc2ccccc2CCO)c(F)c1. The number of benzene rings is 2. The molecule has 0 fully saturated rings. The summed E-state index contributed by atoms with van der Waals surface area (Å²) in [6, 6.07) is 11.1. The van der Waals surface area contributed by atoms with E-state index in [4.69, 9.17) is 9.84 Å². The van der Waals surface area contributed by atoms with Crippen molar-refractivity contribution in [1.82, 2.24) is 0 Å². The molecule has 0 unspecified atom stereocenters. The Balaban J connectivity index is 2.28. The topological polar surface area (TPSA) is 46.5 Å². The number of hydrogen-bond acceptors (Lipinski definition) is 3. The second-order valence-corrected chi connectivity index (χ2v) is 3.99. The summed E-state index contributed by atoms with van der Waals surface area (Å²) in [5.74, 6) is -0.0475. The van der Waals surface area contributed by atoms with Crippen LogP contribution in [0.4, 0.5) is 4.39 Å². The summed E-state index contributed by atoms with van der Waals surface area (Å²) >= 11 is 0. The van der Waals surface area contributed by atoms with Gasteiger partial charge in [-0.2, -0.15) is 0 Å². The molecule has 0 atom stereocenters. The lowest BCUT2D eigenvalue weighted by atomic mass is 10.1. The lowest BCUT2D eigenvalue weighted by Gasteiger charge is -2.11. The van der Waals surface area contributed by atoms with Gasteiger partial charge in [0.05, 0.1) is 0 Å². The Hall–Kier alpha value is -2.20.